The number of aliphatic hydroxyl groups excluding tert-OH is 1. The molecule has 8 heteroatoms. The van der Waals surface area contributed by atoms with Gasteiger partial charge in [-0.25, -0.2) is 0 Å². The number of aryl methyl sites for hydroxylation is 1. The molecule has 0 bridgehead atoms. The third-order valence-electron chi connectivity index (χ3n) is 1.92. The largest absolute Gasteiger partial charge is 0.503 e. The maximum Gasteiger partial charge on any atom is 0.265 e. The summed E-state index contributed by atoms with van der Waals surface area (Å²) in [5, 5.41) is 18.1. The molecule has 0 aromatic carbocycles. The molecule has 1 aromatic rings. The van der Waals surface area contributed by atoms with Crippen molar-refractivity contribution in [1.82, 2.24) is 4.98 Å². The van der Waals surface area contributed by atoms with Gasteiger partial charge in [0.1, 0.15) is 0 Å². The van der Waals surface area contributed by atoms with Crippen molar-refractivity contribution < 1.29 is 23.2 Å². The maximum atomic E-state index is 11.2. The summed E-state index contributed by atoms with van der Waals surface area (Å²) in [6.45, 7) is -0.436. The lowest BCUT2D eigenvalue weighted by molar-refractivity contribution is 0.276. The summed E-state index contributed by atoms with van der Waals surface area (Å²) in [4.78, 5) is 13.7. The fraction of sp³-hybridized carbons (Fsp3) is 0.375. The van der Waals surface area contributed by atoms with Crippen molar-refractivity contribution in [2.45, 2.75) is 13.0 Å². The lowest BCUT2D eigenvalue weighted by Gasteiger charge is -2.05. The van der Waals surface area contributed by atoms with Crippen molar-refractivity contribution in [2.24, 2.45) is 0 Å². The van der Waals surface area contributed by atoms with Crippen LogP contribution < -0.4 is 5.43 Å². The molecular formula is C8H11NO6S. The smallest absolute Gasteiger partial charge is 0.265 e. The highest BCUT2D eigenvalue weighted by Gasteiger charge is 2.12. The molecule has 0 aliphatic carbocycles. The van der Waals surface area contributed by atoms with Crippen molar-refractivity contribution in [2.75, 3.05) is 5.75 Å². The van der Waals surface area contributed by atoms with Gasteiger partial charge in [-0.3, -0.25) is 9.35 Å². The van der Waals surface area contributed by atoms with Gasteiger partial charge in [-0.2, -0.15) is 8.42 Å². The number of aromatic amines is 1. The van der Waals surface area contributed by atoms with Gasteiger partial charge in [0.05, 0.1) is 18.1 Å². The minimum atomic E-state index is -4.17. The van der Waals surface area contributed by atoms with E-state index in [0.29, 0.717) is 0 Å². The Kier molecular flexibility index (Phi) is 3.68. The number of aromatic hydroxyl groups is 1. The molecule has 1 rings (SSSR count). The first-order valence-electron chi connectivity index (χ1n) is 4.33. The lowest BCUT2D eigenvalue weighted by Crippen LogP contribution is -2.13. The van der Waals surface area contributed by atoms with Gasteiger partial charge in [0, 0.05) is 18.2 Å². The Hall–Kier alpha value is -1.38. The van der Waals surface area contributed by atoms with E-state index in [2.05, 4.69) is 4.98 Å². The van der Waals surface area contributed by atoms with E-state index in [1.807, 2.05) is 0 Å². The number of hydrogen-bond acceptors (Lipinski definition) is 5. The summed E-state index contributed by atoms with van der Waals surface area (Å²) >= 11 is 0. The van der Waals surface area contributed by atoms with Gasteiger partial charge in [-0.1, -0.05) is 0 Å². The Morgan fingerprint density at radius 3 is 2.50 bits per heavy atom. The van der Waals surface area contributed by atoms with Crippen LogP contribution in [0.3, 0.4) is 0 Å². The minimum Gasteiger partial charge on any atom is -0.503 e. The van der Waals surface area contributed by atoms with Crippen molar-refractivity contribution >= 4 is 10.1 Å². The first-order valence-corrected chi connectivity index (χ1v) is 5.94. The molecule has 0 atom stereocenters. The third kappa shape index (κ3) is 3.33. The number of pyridine rings is 1. The molecule has 0 aliphatic rings. The van der Waals surface area contributed by atoms with E-state index in [9.17, 15) is 18.3 Å². The molecule has 0 amide bonds. The molecule has 0 spiro atoms. The fourth-order valence-electron chi connectivity index (χ4n) is 1.16. The standard InChI is InChI=1S/C8H11NO6S/c10-4-5-3-7(11)8(12)6(9-5)1-2-16(13,14)15/h3,10,12H,1-2,4H2,(H,9,11)(H,13,14,15). The lowest BCUT2D eigenvalue weighted by atomic mass is 10.2. The maximum absolute atomic E-state index is 11.2. The summed E-state index contributed by atoms with van der Waals surface area (Å²) in [7, 11) is -4.17. The molecular weight excluding hydrogens is 238 g/mol. The molecule has 0 saturated heterocycles. The predicted molar refractivity (Wildman–Crippen MR) is 54.8 cm³/mol. The van der Waals surface area contributed by atoms with Crippen molar-refractivity contribution in [3.63, 3.8) is 0 Å². The van der Waals surface area contributed by atoms with Crippen LogP contribution in [0.4, 0.5) is 0 Å². The zero-order valence-electron chi connectivity index (χ0n) is 8.17. The van der Waals surface area contributed by atoms with Crippen LogP contribution in [-0.4, -0.2) is 33.9 Å². The van der Waals surface area contributed by atoms with E-state index in [1.54, 1.807) is 0 Å². The van der Waals surface area contributed by atoms with Gasteiger partial charge in [-0.15, -0.1) is 0 Å². The van der Waals surface area contributed by atoms with Crippen LogP contribution in [0.25, 0.3) is 0 Å². The minimum absolute atomic E-state index is 0.0332. The molecule has 0 unspecified atom stereocenters. The van der Waals surface area contributed by atoms with Crippen LogP contribution in [0, 0.1) is 0 Å². The Bertz CT molecular complexity index is 532. The Balaban J connectivity index is 3.04. The average Bonchev–Trinajstić information content (AvgIpc) is 2.18. The molecule has 0 radical (unpaired) electrons. The van der Waals surface area contributed by atoms with E-state index in [4.69, 9.17) is 9.66 Å². The van der Waals surface area contributed by atoms with Gasteiger partial charge in [-0.05, 0) is 0 Å². The summed E-state index contributed by atoms with van der Waals surface area (Å²) in [5.74, 6) is -1.23. The fourth-order valence-corrected chi connectivity index (χ4v) is 1.62. The van der Waals surface area contributed by atoms with Crippen molar-refractivity contribution in [3.8, 4) is 5.75 Å². The van der Waals surface area contributed by atoms with E-state index in [-0.39, 0.29) is 17.8 Å². The second-order valence-electron chi connectivity index (χ2n) is 3.18. The van der Waals surface area contributed by atoms with Gasteiger partial charge in [0.25, 0.3) is 10.1 Å². The van der Waals surface area contributed by atoms with E-state index in [1.165, 1.54) is 0 Å². The first kappa shape index (κ1) is 12.7. The summed E-state index contributed by atoms with van der Waals surface area (Å²) in [6, 6.07) is 1.01. The first-order chi connectivity index (χ1) is 7.33. The van der Waals surface area contributed by atoms with Gasteiger partial charge < -0.3 is 15.2 Å². The second-order valence-corrected chi connectivity index (χ2v) is 4.75. The molecule has 1 heterocycles. The molecule has 4 N–H and O–H groups in total. The van der Waals surface area contributed by atoms with Crippen LogP contribution in [0.5, 0.6) is 5.75 Å². The molecule has 1 aromatic heterocycles. The monoisotopic (exact) mass is 249 g/mol. The van der Waals surface area contributed by atoms with Crippen LogP contribution in [0.1, 0.15) is 11.4 Å². The second kappa shape index (κ2) is 4.64. The summed E-state index contributed by atoms with van der Waals surface area (Å²) in [5.41, 5.74) is -0.588. The molecule has 0 aliphatic heterocycles. The van der Waals surface area contributed by atoms with Crippen LogP contribution in [-0.2, 0) is 23.1 Å². The van der Waals surface area contributed by atoms with Crippen molar-refractivity contribution in [3.05, 3.63) is 27.7 Å². The highest BCUT2D eigenvalue weighted by Crippen LogP contribution is 2.10. The number of hydrogen-bond donors (Lipinski definition) is 4. The van der Waals surface area contributed by atoms with E-state index in [0.717, 1.165) is 6.07 Å². The SMILES string of the molecule is O=c1cc(CO)[nH]c(CCS(=O)(=O)O)c1O. The molecule has 90 valence electrons. The zero-order chi connectivity index (χ0) is 12.3. The number of H-pyrrole nitrogens is 1. The molecule has 7 nitrogen and oxygen atoms in total. The Morgan fingerprint density at radius 2 is 2.00 bits per heavy atom. The normalized spacial score (nSPS) is 11.6. The third-order valence-corrected chi connectivity index (χ3v) is 2.64. The van der Waals surface area contributed by atoms with Crippen molar-refractivity contribution in [1.29, 1.82) is 0 Å². The van der Waals surface area contributed by atoms with Crippen LogP contribution in [0.2, 0.25) is 0 Å². The predicted octanol–water partition coefficient (Wildman–Crippen LogP) is -0.997. The summed E-state index contributed by atoms with van der Waals surface area (Å²) < 4.78 is 29.5. The molecule has 0 saturated carbocycles. The van der Waals surface area contributed by atoms with Crippen LogP contribution >= 0.6 is 0 Å². The van der Waals surface area contributed by atoms with Gasteiger partial charge in [0.2, 0.25) is 5.43 Å². The summed E-state index contributed by atoms with van der Waals surface area (Å²) in [6.07, 6.45) is -0.242. The number of aromatic nitrogens is 1. The average molecular weight is 249 g/mol. The Morgan fingerprint density at radius 1 is 1.38 bits per heavy atom. The number of nitrogens with one attached hydrogen (secondary N) is 1. The van der Waals surface area contributed by atoms with E-state index < -0.39 is 33.7 Å². The highest BCUT2D eigenvalue weighted by atomic mass is 32.2. The number of aliphatic hydroxyl groups is 1. The van der Waals surface area contributed by atoms with Crippen LogP contribution in [0.15, 0.2) is 10.9 Å². The topological polar surface area (TPSA) is 128 Å². The molecule has 0 fully saturated rings. The van der Waals surface area contributed by atoms with Gasteiger partial charge >= 0.3 is 0 Å². The highest BCUT2D eigenvalue weighted by molar-refractivity contribution is 7.85. The molecule has 16 heavy (non-hydrogen) atoms. The quantitative estimate of drug-likeness (QED) is 0.507. The number of rotatable bonds is 4. The zero-order valence-corrected chi connectivity index (χ0v) is 8.99. The van der Waals surface area contributed by atoms with E-state index >= 15 is 0 Å². The van der Waals surface area contributed by atoms with Gasteiger partial charge in [0.15, 0.2) is 5.75 Å². The Labute approximate surface area is 91.1 Å².